The quantitative estimate of drug-likeness (QED) is 0.668. The highest BCUT2D eigenvalue weighted by Crippen LogP contribution is 2.14. The van der Waals surface area contributed by atoms with E-state index in [1.54, 1.807) is 0 Å². The molecule has 0 aliphatic carbocycles. The van der Waals surface area contributed by atoms with Gasteiger partial charge in [0.2, 0.25) is 0 Å². The molecular weight excluding hydrogens is 184 g/mol. The molecule has 0 aliphatic rings. The first-order valence-electron chi connectivity index (χ1n) is 6.23. The van der Waals surface area contributed by atoms with Crippen molar-refractivity contribution in [3.05, 3.63) is 0 Å². The lowest BCUT2D eigenvalue weighted by Gasteiger charge is -2.29. The van der Waals surface area contributed by atoms with Crippen LogP contribution in [0.15, 0.2) is 0 Å². The Morgan fingerprint density at radius 1 is 1.27 bits per heavy atom. The van der Waals surface area contributed by atoms with Crippen LogP contribution < -0.4 is 5.32 Å². The van der Waals surface area contributed by atoms with E-state index in [9.17, 15) is 0 Å². The van der Waals surface area contributed by atoms with Gasteiger partial charge in [-0.2, -0.15) is 0 Å². The number of hydrogen-bond acceptors (Lipinski definition) is 2. The molecular formula is C13H30N2. The summed E-state index contributed by atoms with van der Waals surface area (Å²) in [5.74, 6) is 0.810. The molecule has 1 atom stereocenters. The predicted molar refractivity (Wildman–Crippen MR) is 69.3 cm³/mol. The lowest BCUT2D eigenvalue weighted by atomic mass is 9.92. The van der Waals surface area contributed by atoms with Crippen LogP contribution in [-0.4, -0.2) is 38.6 Å². The van der Waals surface area contributed by atoms with Crippen molar-refractivity contribution in [2.75, 3.05) is 33.7 Å². The monoisotopic (exact) mass is 214 g/mol. The SMILES string of the molecule is CCCC(C)CNCC(C)(C)CN(C)C. The fraction of sp³-hybridized carbons (Fsp3) is 1.00. The number of nitrogens with one attached hydrogen (secondary N) is 1. The smallest absolute Gasteiger partial charge is 0.00387 e. The zero-order valence-electron chi connectivity index (χ0n) is 11.6. The molecule has 0 heterocycles. The molecule has 0 amide bonds. The van der Waals surface area contributed by atoms with E-state index in [1.165, 1.54) is 12.8 Å². The summed E-state index contributed by atoms with van der Waals surface area (Å²) in [6.45, 7) is 12.6. The van der Waals surface area contributed by atoms with Crippen molar-refractivity contribution in [1.29, 1.82) is 0 Å². The first-order chi connectivity index (χ1) is 6.87. The van der Waals surface area contributed by atoms with E-state index in [2.05, 4.69) is 52.0 Å². The van der Waals surface area contributed by atoms with Crippen molar-refractivity contribution in [3.63, 3.8) is 0 Å². The topological polar surface area (TPSA) is 15.3 Å². The largest absolute Gasteiger partial charge is 0.316 e. The predicted octanol–water partition coefficient (Wildman–Crippen LogP) is 2.60. The number of hydrogen-bond donors (Lipinski definition) is 1. The molecule has 0 aromatic heterocycles. The minimum absolute atomic E-state index is 0.370. The van der Waals surface area contributed by atoms with Gasteiger partial charge >= 0.3 is 0 Å². The fourth-order valence-electron chi connectivity index (χ4n) is 2.16. The molecule has 0 spiro atoms. The van der Waals surface area contributed by atoms with Gasteiger partial charge in [-0.25, -0.2) is 0 Å². The summed E-state index contributed by atoms with van der Waals surface area (Å²) in [6.07, 6.45) is 2.63. The summed E-state index contributed by atoms with van der Waals surface area (Å²) in [6, 6.07) is 0. The summed E-state index contributed by atoms with van der Waals surface area (Å²) in [7, 11) is 4.28. The Morgan fingerprint density at radius 3 is 2.33 bits per heavy atom. The Bertz CT molecular complexity index is 153. The van der Waals surface area contributed by atoms with Crippen molar-refractivity contribution in [2.24, 2.45) is 11.3 Å². The lowest BCUT2D eigenvalue weighted by molar-refractivity contribution is 0.229. The van der Waals surface area contributed by atoms with Crippen molar-refractivity contribution in [2.45, 2.75) is 40.5 Å². The Balaban J connectivity index is 3.65. The van der Waals surface area contributed by atoms with Gasteiger partial charge in [-0.1, -0.05) is 34.1 Å². The molecule has 2 nitrogen and oxygen atoms in total. The summed E-state index contributed by atoms with van der Waals surface area (Å²) in [4.78, 5) is 2.26. The van der Waals surface area contributed by atoms with E-state index < -0.39 is 0 Å². The zero-order valence-corrected chi connectivity index (χ0v) is 11.6. The molecule has 0 saturated carbocycles. The van der Waals surface area contributed by atoms with Gasteiger partial charge < -0.3 is 10.2 Å². The van der Waals surface area contributed by atoms with Crippen molar-refractivity contribution >= 4 is 0 Å². The van der Waals surface area contributed by atoms with Gasteiger partial charge in [0, 0.05) is 13.1 Å². The van der Waals surface area contributed by atoms with Gasteiger partial charge in [0.05, 0.1) is 0 Å². The van der Waals surface area contributed by atoms with Crippen LogP contribution in [0.4, 0.5) is 0 Å². The van der Waals surface area contributed by atoms with Gasteiger partial charge in [-0.15, -0.1) is 0 Å². The van der Waals surface area contributed by atoms with E-state index in [0.717, 1.165) is 25.6 Å². The molecule has 0 saturated heterocycles. The first-order valence-corrected chi connectivity index (χ1v) is 6.23. The molecule has 0 bridgehead atoms. The van der Waals surface area contributed by atoms with Crippen LogP contribution in [-0.2, 0) is 0 Å². The van der Waals surface area contributed by atoms with E-state index >= 15 is 0 Å². The van der Waals surface area contributed by atoms with Crippen LogP contribution in [0.3, 0.4) is 0 Å². The van der Waals surface area contributed by atoms with Crippen LogP contribution >= 0.6 is 0 Å². The summed E-state index contributed by atoms with van der Waals surface area (Å²) >= 11 is 0. The third-order valence-electron chi connectivity index (χ3n) is 2.62. The normalized spacial score (nSPS) is 14.6. The highest BCUT2D eigenvalue weighted by atomic mass is 15.1. The Labute approximate surface area is 96.4 Å². The Kier molecular flexibility index (Phi) is 7.20. The molecule has 0 fully saturated rings. The second-order valence-corrected chi connectivity index (χ2v) is 5.93. The average Bonchev–Trinajstić information content (AvgIpc) is 2.01. The van der Waals surface area contributed by atoms with E-state index in [0.29, 0.717) is 5.41 Å². The summed E-state index contributed by atoms with van der Waals surface area (Å²) in [5.41, 5.74) is 0.370. The van der Waals surface area contributed by atoms with Crippen LogP contribution in [0, 0.1) is 11.3 Å². The highest BCUT2D eigenvalue weighted by molar-refractivity contribution is 4.74. The maximum atomic E-state index is 3.59. The number of nitrogens with zero attached hydrogens (tertiary/aromatic N) is 1. The van der Waals surface area contributed by atoms with Crippen molar-refractivity contribution < 1.29 is 0 Å². The maximum Gasteiger partial charge on any atom is 0.00387 e. The third-order valence-corrected chi connectivity index (χ3v) is 2.62. The molecule has 0 aromatic carbocycles. The van der Waals surface area contributed by atoms with Gasteiger partial charge in [-0.05, 0) is 38.4 Å². The molecule has 2 heteroatoms. The number of rotatable bonds is 8. The molecule has 92 valence electrons. The maximum absolute atomic E-state index is 3.59. The standard InChI is InChI=1S/C13H30N2/c1-7-8-12(2)9-14-10-13(3,4)11-15(5)6/h12,14H,7-11H2,1-6H3. The second-order valence-electron chi connectivity index (χ2n) is 5.93. The van der Waals surface area contributed by atoms with Crippen LogP contribution in [0.5, 0.6) is 0 Å². The zero-order chi connectivity index (χ0) is 11.9. The van der Waals surface area contributed by atoms with E-state index in [4.69, 9.17) is 0 Å². The van der Waals surface area contributed by atoms with E-state index in [-0.39, 0.29) is 0 Å². The summed E-state index contributed by atoms with van der Waals surface area (Å²) in [5, 5.41) is 3.59. The molecule has 1 unspecified atom stereocenters. The van der Waals surface area contributed by atoms with Gasteiger partial charge in [0.15, 0.2) is 0 Å². The molecule has 0 aromatic rings. The molecule has 0 radical (unpaired) electrons. The molecule has 15 heavy (non-hydrogen) atoms. The van der Waals surface area contributed by atoms with Crippen molar-refractivity contribution in [1.82, 2.24) is 10.2 Å². The van der Waals surface area contributed by atoms with Crippen molar-refractivity contribution in [3.8, 4) is 0 Å². The Hall–Kier alpha value is -0.0800. The third kappa shape index (κ3) is 8.88. The van der Waals surface area contributed by atoms with Crippen LogP contribution in [0.2, 0.25) is 0 Å². The fourth-order valence-corrected chi connectivity index (χ4v) is 2.16. The van der Waals surface area contributed by atoms with Gasteiger partial charge in [0.25, 0.3) is 0 Å². The van der Waals surface area contributed by atoms with Gasteiger partial charge in [-0.3, -0.25) is 0 Å². The summed E-state index contributed by atoms with van der Waals surface area (Å²) < 4.78 is 0. The first kappa shape index (κ1) is 14.9. The lowest BCUT2D eigenvalue weighted by Crippen LogP contribution is -2.38. The minimum Gasteiger partial charge on any atom is -0.316 e. The van der Waals surface area contributed by atoms with E-state index in [1.807, 2.05) is 0 Å². The highest BCUT2D eigenvalue weighted by Gasteiger charge is 2.18. The minimum atomic E-state index is 0.370. The van der Waals surface area contributed by atoms with Crippen LogP contribution in [0.1, 0.15) is 40.5 Å². The van der Waals surface area contributed by atoms with Crippen LogP contribution in [0.25, 0.3) is 0 Å². The Morgan fingerprint density at radius 2 is 1.87 bits per heavy atom. The molecule has 0 rings (SSSR count). The average molecular weight is 214 g/mol. The second kappa shape index (κ2) is 7.24. The molecule has 0 aliphatic heterocycles. The molecule has 1 N–H and O–H groups in total. The van der Waals surface area contributed by atoms with Gasteiger partial charge in [0.1, 0.15) is 0 Å².